The smallest absolute Gasteiger partial charge is 0.343 e. The number of carbonyl (C=O) groups excluding carboxylic acids is 3. The summed E-state index contributed by atoms with van der Waals surface area (Å²) in [6.07, 6.45) is 1.60. The molecule has 0 radical (unpaired) electrons. The molecule has 1 saturated heterocycles. The van der Waals surface area contributed by atoms with Gasteiger partial charge in [-0.15, -0.1) is 0 Å². The van der Waals surface area contributed by atoms with Crippen LogP contribution in [0.3, 0.4) is 0 Å². The first-order valence-corrected chi connectivity index (χ1v) is 12.1. The fourth-order valence-corrected chi connectivity index (χ4v) is 4.40. The van der Waals surface area contributed by atoms with Gasteiger partial charge < -0.3 is 14.2 Å². The molecule has 0 spiro atoms. The number of benzene rings is 3. The van der Waals surface area contributed by atoms with Crippen LogP contribution in [0.15, 0.2) is 71.6 Å². The van der Waals surface area contributed by atoms with Gasteiger partial charge in [0, 0.05) is 5.02 Å². The highest BCUT2D eigenvalue weighted by molar-refractivity contribution is 8.18. The summed E-state index contributed by atoms with van der Waals surface area (Å²) in [5, 5.41) is 0.149. The van der Waals surface area contributed by atoms with Crippen LogP contribution < -0.4 is 14.2 Å². The molecule has 184 valence electrons. The molecule has 0 bridgehead atoms. The number of esters is 1. The van der Waals surface area contributed by atoms with E-state index in [1.54, 1.807) is 48.5 Å². The standard InChI is InChI=1S/C27H22ClNO6S/c1-17-4-3-5-21(14-17)34-13-12-29-25(30)24(36-27(29)32)16-18-6-11-22(23(15-18)33-2)35-26(31)19-7-9-20(28)10-8-19/h3-11,14-16H,12-13H2,1-2H3/b24-16-. The molecule has 3 aromatic carbocycles. The number of ether oxygens (including phenoxy) is 3. The van der Waals surface area contributed by atoms with E-state index in [2.05, 4.69) is 0 Å². The second-order valence-electron chi connectivity index (χ2n) is 7.81. The third-order valence-electron chi connectivity index (χ3n) is 5.21. The van der Waals surface area contributed by atoms with Crippen LogP contribution in [0, 0.1) is 6.92 Å². The van der Waals surface area contributed by atoms with E-state index in [1.165, 1.54) is 7.11 Å². The predicted molar refractivity (Wildman–Crippen MR) is 139 cm³/mol. The van der Waals surface area contributed by atoms with Gasteiger partial charge in [-0.2, -0.15) is 0 Å². The van der Waals surface area contributed by atoms with E-state index in [9.17, 15) is 14.4 Å². The van der Waals surface area contributed by atoms with Crippen LogP contribution in [0.25, 0.3) is 6.08 Å². The molecule has 0 N–H and O–H groups in total. The molecule has 0 atom stereocenters. The summed E-state index contributed by atoms with van der Waals surface area (Å²) in [6.45, 7) is 2.29. The van der Waals surface area contributed by atoms with Crippen molar-refractivity contribution in [2.45, 2.75) is 6.92 Å². The minimum atomic E-state index is -0.563. The number of hydrogen-bond acceptors (Lipinski definition) is 7. The summed E-state index contributed by atoms with van der Waals surface area (Å²) in [4.78, 5) is 39.1. The van der Waals surface area contributed by atoms with Gasteiger partial charge >= 0.3 is 5.97 Å². The number of hydrogen-bond donors (Lipinski definition) is 0. The Labute approximate surface area is 217 Å². The second-order valence-corrected chi connectivity index (χ2v) is 9.23. The number of thioether (sulfide) groups is 1. The van der Waals surface area contributed by atoms with E-state index in [4.69, 9.17) is 25.8 Å². The van der Waals surface area contributed by atoms with E-state index in [0.29, 0.717) is 27.6 Å². The molecule has 3 aromatic rings. The van der Waals surface area contributed by atoms with Gasteiger partial charge in [0.1, 0.15) is 12.4 Å². The Bertz CT molecular complexity index is 1340. The summed E-state index contributed by atoms with van der Waals surface area (Å²) >= 11 is 6.72. The first-order valence-electron chi connectivity index (χ1n) is 10.9. The zero-order chi connectivity index (χ0) is 25.7. The minimum absolute atomic E-state index is 0.138. The number of nitrogens with zero attached hydrogens (tertiary/aromatic N) is 1. The third-order valence-corrected chi connectivity index (χ3v) is 6.37. The summed E-state index contributed by atoms with van der Waals surface area (Å²) in [5.74, 6) is 0.246. The Morgan fingerprint density at radius 2 is 1.81 bits per heavy atom. The molecular weight excluding hydrogens is 502 g/mol. The lowest BCUT2D eigenvalue weighted by atomic mass is 10.1. The van der Waals surface area contributed by atoms with Gasteiger partial charge in [-0.1, -0.05) is 29.8 Å². The Balaban J connectivity index is 1.42. The van der Waals surface area contributed by atoms with Gasteiger partial charge in [0.2, 0.25) is 0 Å². The molecule has 1 fully saturated rings. The van der Waals surface area contributed by atoms with E-state index in [-0.39, 0.29) is 29.0 Å². The minimum Gasteiger partial charge on any atom is -0.493 e. The molecule has 0 unspecified atom stereocenters. The Kier molecular flexibility index (Phi) is 7.97. The largest absolute Gasteiger partial charge is 0.493 e. The summed E-state index contributed by atoms with van der Waals surface area (Å²) in [7, 11) is 1.45. The first-order chi connectivity index (χ1) is 17.3. The molecule has 7 nitrogen and oxygen atoms in total. The number of carbonyl (C=O) groups is 3. The normalized spacial score (nSPS) is 14.3. The molecular formula is C27H22ClNO6S. The highest BCUT2D eigenvalue weighted by Gasteiger charge is 2.34. The Morgan fingerprint density at radius 3 is 2.53 bits per heavy atom. The van der Waals surface area contributed by atoms with Crippen LogP contribution in [-0.2, 0) is 4.79 Å². The van der Waals surface area contributed by atoms with Crippen molar-refractivity contribution in [1.29, 1.82) is 0 Å². The quantitative estimate of drug-likeness (QED) is 0.204. The van der Waals surface area contributed by atoms with Crippen molar-refractivity contribution in [2.75, 3.05) is 20.3 Å². The predicted octanol–water partition coefficient (Wildman–Crippen LogP) is 5.99. The Hall–Kier alpha value is -3.75. The lowest BCUT2D eigenvalue weighted by Gasteiger charge is -2.13. The van der Waals surface area contributed by atoms with Gasteiger partial charge in [-0.25, -0.2) is 4.79 Å². The monoisotopic (exact) mass is 523 g/mol. The molecule has 0 aliphatic carbocycles. The third kappa shape index (κ3) is 6.08. The molecule has 1 heterocycles. The van der Waals surface area contributed by atoms with Crippen molar-refractivity contribution in [2.24, 2.45) is 0 Å². The van der Waals surface area contributed by atoms with Gasteiger partial charge in [0.05, 0.1) is 24.1 Å². The van der Waals surface area contributed by atoms with Crippen molar-refractivity contribution >= 4 is 46.6 Å². The number of imide groups is 1. The number of methoxy groups -OCH3 is 1. The summed E-state index contributed by atoms with van der Waals surface area (Å²) in [5.41, 5.74) is 2.01. The van der Waals surface area contributed by atoms with Crippen LogP contribution in [0.4, 0.5) is 4.79 Å². The van der Waals surface area contributed by atoms with Crippen molar-refractivity contribution < 1.29 is 28.6 Å². The highest BCUT2D eigenvalue weighted by atomic mass is 35.5. The summed E-state index contributed by atoms with van der Waals surface area (Å²) in [6, 6.07) is 18.7. The number of halogens is 1. The highest BCUT2D eigenvalue weighted by Crippen LogP contribution is 2.34. The van der Waals surface area contributed by atoms with Gasteiger partial charge in [-0.05, 0) is 84.4 Å². The fraction of sp³-hybridized carbons (Fsp3) is 0.148. The van der Waals surface area contributed by atoms with Gasteiger partial charge in [0.15, 0.2) is 11.5 Å². The van der Waals surface area contributed by atoms with Crippen molar-refractivity contribution in [3.63, 3.8) is 0 Å². The maximum Gasteiger partial charge on any atom is 0.343 e. The second kappa shape index (κ2) is 11.3. The van der Waals surface area contributed by atoms with Crippen LogP contribution in [0.5, 0.6) is 17.2 Å². The summed E-state index contributed by atoms with van der Waals surface area (Å²) < 4.78 is 16.5. The zero-order valence-corrected chi connectivity index (χ0v) is 21.1. The van der Waals surface area contributed by atoms with Crippen LogP contribution >= 0.6 is 23.4 Å². The fourth-order valence-electron chi connectivity index (χ4n) is 3.41. The van der Waals surface area contributed by atoms with E-state index < -0.39 is 11.9 Å². The van der Waals surface area contributed by atoms with E-state index in [0.717, 1.165) is 22.2 Å². The SMILES string of the molecule is COc1cc(/C=C2\SC(=O)N(CCOc3cccc(C)c3)C2=O)ccc1OC(=O)c1ccc(Cl)cc1. The Morgan fingerprint density at radius 1 is 1.03 bits per heavy atom. The number of rotatable bonds is 8. The molecule has 0 saturated carbocycles. The lowest BCUT2D eigenvalue weighted by molar-refractivity contribution is -0.123. The first kappa shape index (κ1) is 25.3. The van der Waals surface area contributed by atoms with E-state index in [1.807, 2.05) is 31.2 Å². The van der Waals surface area contributed by atoms with E-state index >= 15 is 0 Å². The van der Waals surface area contributed by atoms with Crippen LogP contribution in [0.2, 0.25) is 5.02 Å². The van der Waals surface area contributed by atoms with Crippen molar-refractivity contribution in [3.8, 4) is 17.2 Å². The molecule has 9 heteroatoms. The average molecular weight is 524 g/mol. The van der Waals surface area contributed by atoms with Crippen LogP contribution in [-0.4, -0.2) is 42.3 Å². The molecule has 2 amide bonds. The average Bonchev–Trinajstić information content (AvgIpc) is 3.12. The van der Waals surface area contributed by atoms with Crippen molar-refractivity contribution in [1.82, 2.24) is 4.90 Å². The lowest BCUT2D eigenvalue weighted by Crippen LogP contribution is -2.32. The topological polar surface area (TPSA) is 82.1 Å². The molecule has 0 aromatic heterocycles. The molecule has 4 rings (SSSR count). The van der Waals surface area contributed by atoms with Crippen LogP contribution in [0.1, 0.15) is 21.5 Å². The maximum atomic E-state index is 12.8. The molecule has 1 aliphatic heterocycles. The molecule has 1 aliphatic rings. The van der Waals surface area contributed by atoms with Gasteiger partial charge in [0.25, 0.3) is 11.1 Å². The van der Waals surface area contributed by atoms with Gasteiger partial charge in [-0.3, -0.25) is 14.5 Å². The zero-order valence-electron chi connectivity index (χ0n) is 19.5. The van der Waals surface area contributed by atoms with Crippen molar-refractivity contribution in [3.05, 3.63) is 93.3 Å². The molecule has 36 heavy (non-hydrogen) atoms. The number of aryl methyl sites for hydroxylation is 1. The number of amides is 2. The maximum absolute atomic E-state index is 12.8.